The van der Waals surface area contributed by atoms with Crippen LogP contribution in [0.4, 0.5) is 5.69 Å². The third kappa shape index (κ3) is 3.81. The molecule has 0 saturated heterocycles. The molecule has 4 rings (SSSR count). The average molecular weight is 387 g/mol. The summed E-state index contributed by atoms with van der Waals surface area (Å²) in [5.41, 5.74) is 3.82. The molecule has 144 valence electrons. The van der Waals surface area contributed by atoms with Gasteiger partial charge in [-0.1, -0.05) is 18.2 Å². The maximum atomic E-state index is 12.2. The highest BCUT2D eigenvalue weighted by atomic mass is 16.5. The molecule has 0 aliphatic rings. The molecule has 0 atom stereocenters. The van der Waals surface area contributed by atoms with Crippen molar-refractivity contribution in [1.82, 2.24) is 20.2 Å². The van der Waals surface area contributed by atoms with Crippen molar-refractivity contribution in [3.63, 3.8) is 0 Å². The van der Waals surface area contributed by atoms with Crippen LogP contribution in [0.2, 0.25) is 0 Å². The van der Waals surface area contributed by atoms with E-state index in [9.17, 15) is 9.59 Å². The van der Waals surface area contributed by atoms with E-state index in [1.807, 2.05) is 42.5 Å². The lowest BCUT2D eigenvalue weighted by molar-refractivity contribution is 0.0521. The number of benzene rings is 2. The summed E-state index contributed by atoms with van der Waals surface area (Å²) in [7, 11) is 0. The van der Waals surface area contributed by atoms with Gasteiger partial charge in [-0.15, -0.1) is 0 Å². The fourth-order valence-electron chi connectivity index (χ4n) is 2.91. The molecule has 2 aromatic carbocycles. The molecule has 8 nitrogen and oxygen atoms in total. The Balaban J connectivity index is 1.53. The number of nitrogens with one attached hydrogen (secondary N) is 2. The first-order valence-corrected chi connectivity index (χ1v) is 8.98. The van der Waals surface area contributed by atoms with Crippen LogP contribution in [0.3, 0.4) is 0 Å². The third-order valence-corrected chi connectivity index (χ3v) is 4.30. The summed E-state index contributed by atoms with van der Waals surface area (Å²) < 4.78 is 5.02. The number of hydrogen-bond donors (Lipinski definition) is 2. The number of aromatic nitrogens is 4. The average Bonchev–Trinajstić information content (AvgIpc) is 3.18. The number of carbonyl (C=O) groups excluding carboxylic acids is 2. The zero-order valence-electron chi connectivity index (χ0n) is 15.5. The Hall–Kier alpha value is -4.07. The largest absolute Gasteiger partial charge is 0.461 e. The third-order valence-electron chi connectivity index (χ3n) is 4.30. The highest BCUT2D eigenvalue weighted by Crippen LogP contribution is 2.26. The number of amides is 1. The summed E-state index contributed by atoms with van der Waals surface area (Å²) in [6.07, 6.45) is 4.39. The van der Waals surface area contributed by atoms with Gasteiger partial charge in [-0.3, -0.25) is 14.9 Å². The summed E-state index contributed by atoms with van der Waals surface area (Å²) in [6.45, 7) is 2.05. The Kier molecular flexibility index (Phi) is 4.98. The summed E-state index contributed by atoms with van der Waals surface area (Å²) >= 11 is 0. The first-order valence-electron chi connectivity index (χ1n) is 8.98. The zero-order valence-corrected chi connectivity index (χ0v) is 15.5. The molecule has 4 aromatic rings. The van der Waals surface area contributed by atoms with Gasteiger partial charge < -0.3 is 10.1 Å². The van der Waals surface area contributed by atoms with Crippen molar-refractivity contribution in [2.45, 2.75) is 6.92 Å². The van der Waals surface area contributed by atoms with E-state index >= 15 is 0 Å². The zero-order chi connectivity index (χ0) is 20.2. The van der Waals surface area contributed by atoms with Crippen molar-refractivity contribution in [2.75, 3.05) is 11.9 Å². The molecule has 2 N–H and O–H groups in total. The molecule has 29 heavy (non-hydrogen) atoms. The van der Waals surface area contributed by atoms with Gasteiger partial charge in [0.1, 0.15) is 5.69 Å². The normalized spacial score (nSPS) is 10.7. The minimum absolute atomic E-state index is 0.249. The van der Waals surface area contributed by atoms with E-state index in [1.165, 1.54) is 18.6 Å². The number of carbonyl (C=O) groups is 2. The van der Waals surface area contributed by atoms with Gasteiger partial charge in [-0.05, 0) is 42.3 Å². The fourth-order valence-corrected chi connectivity index (χ4v) is 2.91. The molecule has 1 amide bonds. The predicted molar refractivity (Wildman–Crippen MR) is 107 cm³/mol. The molecule has 0 fully saturated rings. The van der Waals surface area contributed by atoms with Crippen molar-refractivity contribution in [2.24, 2.45) is 0 Å². The second-order valence-electron chi connectivity index (χ2n) is 6.18. The van der Waals surface area contributed by atoms with Crippen LogP contribution in [0.15, 0.2) is 61.1 Å². The smallest absolute Gasteiger partial charge is 0.359 e. The lowest BCUT2D eigenvalue weighted by Gasteiger charge is -2.07. The Labute approximate surface area is 166 Å². The Morgan fingerprint density at radius 2 is 1.86 bits per heavy atom. The van der Waals surface area contributed by atoms with Gasteiger partial charge in [0.2, 0.25) is 0 Å². The molecule has 0 spiro atoms. The van der Waals surface area contributed by atoms with Crippen LogP contribution in [0.5, 0.6) is 0 Å². The lowest BCUT2D eigenvalue weighted by atomic mass is 10.0. The van der Waals surface area contributed by atoms with Crippen molar-refractivity contribution < 1.29 is 14.3 Å². The molecule has 8 heteroatoms. The number of rotatable bonds is 5. The lowest BCUT2D eigenvalue weighted by Crippen LogP contribution is -2.13. The highest BCUT2D eigenvalue weighted by molar-refractivity contribution is 6.03. The number of nitrogens with zero attached hydrogens (tertiary/aromatic N) is 3. The van der Waals surface area contributed by atoms with Crippen molar-refractivity contribution in [1.29, 1.82) is 0 Å². The van der Waals surface area contributed by atoms with Gasteiger partial charge in [0, 0.05) is 23.5 Å². The van der Waals surface area contributed by atoms with Crippen molar-refractivity contribution in [3.8, 4) is 11.1 Å². The Morgan fingerprint density at radius 3 is 2.59 bits per heavy atom. The quantitative estimate of drug-likeness (QED) is 0.508. The number of ether oxygens (including phenoxy) is 1. The standard InChI is InChI=1S/C21H17N5O3/c1-2-29-21(28)19-16-8-5-14(11-17(16)25-26-19)13-3-6-15(7-4-13)24-20(27)18-12-22-9-10-23-18/h3-12H,2H2,1H3,(H,24,27)(H,25,26). The van der Waals surface area contributed by atoms with Crippen LogP contribution in [0, 0.1) is 0 Å². The monoisotopic (exact) mass is 387 g/mol. The van der Waals surface area contributed by atoms with Crippen molar-refractivity contribution >= 4 is 28.5 Å². The SMILES string of the molecule is CCOC(=O)c1n[nH]c2cc(-c3ccc(NC(=O)c4cnccn4)cc3)ccc12. The molecular formula is C21H17N5O3. The van der Waals surface area contributed by atoms with E-state index in [-0.39, 0.29) is 17.3 Å². The van der Waals surface area contributed by atoms with Crippen LogP contribution in [0.1, 0.15) is 27.9 Å². The molecule has 0 bridgehead atoms. The molecule has 2 aromatic heterocycles. The maximum Gasteiger partial charge on any atom is 0.359 e. The molecule has 2 heterocycles. The van der Waals surface area contributed by atoms with Crippen LogP contribution < -0.4 is 5.32 Å². The van der Waals surface area contributed by atoms with Gasteiger partial charge >= 0.3 is 5.97 Å². The molecule has 0 aliphatic heterocycles. The van der Waals surface area contributed by atoms with Crippen LogP contribution >= 0.6 is 0 Å². The van der Waals surface area contributed by atoms with E-state index in [0.717, 1.165) is 16.6 Å². The Bertz CT molecular complexity index is 1170. The number of esters is 1. The second kappa shape index (κ2) is 7.89. The van der Waals surface area contributed by atoms with Gasteiger partial charge in [-0.25, -0.2) is 9.78 Å². The van der Waals surface area contributed by atoms with Gasteiger partial charge in [0.05, 0.1) is 18.3 Å². The van der Waals surface area contributed by atoms with Crippen LogP contribution in [0.25, 0.3) is 22.0 Å². The molecule has 0 saturated carbocycles. The summed E-state index contributed by atoms with van der Waals surface area (Å²) in [4.78, 5) is 32.0. The minimum Gasteiger partial charge on any atom is -0.461 e. The van der Waals surface area contributed by atoms with Gasteiger partial charge in [-0.2, -0.15) is 5.10 Å². The minimum atomic E-state index is -0.449. The predicted octanol–water partition coefficient (Wildman–Crippen LogP) is 3.45. The first kappa shape index (κ1) is 18.3. The topological polar surface area (TPSA) is 110 Å². The van der Waals surface area contributed by atoms with Gasteiger partial charge in [0.25, 0.3) is 5.91 Å². The number of hydrogen-bond acceptors (Lipinski definition) is 6. The van der Waals surface area contributed by atoms with Gasteiger partial charge in [0.15, 0.2) is 5.69 Å². The second-order valence-corrected chi connectivity index (χ2v) is 6.18. The first-order chi connectivity index (χ1) is 14.2. The van der Waals surface area contributed by atoms with E-state index in [0.29, 0.717) is 17.7 Å². The number of H-pyrrole nitrogens is 1. The van der Waals surface area contributed by atoms with Crippen molar-refractivity contribution in [3.05, 3.63) is 72.4 Å². The molecule has 0 unspecified atom stereocenters. The number of fused-ring (bicyclic) bond motifs is 1. The fraction of sp³-hybridized carbons (Fsp3) is 0.0952. The number of aromatic amines is 1. The molecule has 0 aliphatic carbocycles. The van der Waals surface area contributed by atoms with E-state index in [2.05, 4.69) is 25.5 Å². The maximum absolute atomic E-state index is 12.2. The van der Waals surface area contributed by atoms with E-state index in [4.69, 9.17) is 4.74 Å². The highest BCUT2D eigenvalue weighted by Gasteiger charge is 2.15. The molecule has 0 radical (unpaired) electrons. The van der Waals surface area contributed by atoms with E-state index < -0.39 is 5.97 Å². The van der Waals surface area contributed by atoms with Crippen LogP contribution in [-0.2, 0) is 4.74 Å². The number of anilines is 1. The van der Waals surface area contributed by atoms with E-state index in [1.54, 1.807) is 6.92 Å². The summed E-state index contributed by atoms with van der Waals surface area (Å²) in [6, 6.07) is 13.1. The summed E-state index contributed by atoms with van der Waals surface area (Å²) in [5, 5.41) is 10.4. The molecular weight excluding hydrogens is 370 g/mol. The Morgan fingerprint density at radius 1 is 1.07 bits per heavy atom. The summed E-state index contributed by atoms with van der Waals surface area (Å²) in [5.74, 6) is -0.772. The van der Waals surface area contributed by atoms with Crippen LogP contribution in [-0.4, -0.2) is 38.6 Å².